The van der Waals surface area contributed by atoms with Gasteiger partial charge in [-0.2, -0.15) is 0 Å². The fourth-order valence-electron chi connectivity index (χ4n) is 2.27. The summed E-state index contributed by atoms with van der Waals surface area (Å²) >= 11 is 3.20. The van der Waals surface area contributed by atoms with Crippen LogP contribution in [0.25, 0.3) is 0 Å². The van der Waals surface area contributed by atoms with Crippen LogP contribution in [0.2, 0.25) is 0 Å². The van der Waals surface area contributed by atoms with Crippen LogP contribution in [0, 0.1) is 5.82 Å². The molecular formula is C16H18BrFN2. The Balaban J connectivity index is 2.34. The number of nitrogens with two attached hydrogens (primary N) is 1. The fraction of sp³-hybridized carbons (Fsp3) is 0.250. The van der Waals surface area contributed by atoms with Gasteiger partial charge in [-0.25, -0.2) is 9.82 Å². The summed E-state index contributed by atoms with van der Waals surface area (Å²) < 4.78 is 14.6. The standard InChI is InChI=1S/C16H18BrFN2/c1-2-4-11-7-9-12(10-8-11)16(20-19)13-5-3-6-14(17)15(13)18/h3,5-10,16,20H,2,4,19H2,1H3. The van der Waals surface area contributed by atoms with Crippen molar-refractivity contribution in [2.45, 2.75) is 25.8 Å². The van der Waals surface area contributed by atoms with Gasteiger partial charge in [0.1, 0.15) is 5.82 Å². The number of aryl methyl sites for hydroxylation is 1. The normalized spacial score (nSPS) is 12.4. The maximum atomic E-state index is 14.2. The Bertz CT molecular complexity index is 569. The third-order valence-electron chi connectivity index (χ3n) is 3.31. The van der Waals surface area contributed by atoms with E-state index in [9.17, 15) is 4.39 Å². The highest BCUT2D eigenvalue weighted by atomic mass is 79.9. The smallest absolute Gasteiger partial charge is 0.142 e. The molecule has 20 heavy (non-hydrogen) atoms. The van der Waals surface area contributed by atoms with Crippen LogP contribution < -0.4 is 11.3 Å². The van der Waals surface area contributed by atoms with E-state index in [2.05, 4.69) is 40.4 Å². The molecule has 0 heterocycles. The quantitative estimate of drug-likeness (QED) is 0.637. The van der Waals surface area contributed by atoms with E-state index < -0.39 is 0 Å². The largest absolute Gasteiger partial charge is 0.271 e. The molecule has 1 atom stereocenters. The van der Waals surface area contributed by atoms with Gasteiger partial charge in [0.15, 0.2) is 0 Å². The molecule has 0 amide bonds. The number of rotatable bonds is 5. The lowest BCUT2D eigenvalue weighted by Gasteiger charge is -2.18. The number of hydrazine groups is 1. The molecule has 0 fully saturated rings. The first-order valence-corrected chi connectivity index (χ1v) is 7.45. The lowest BCUT2D eigenvalue weighted by Crippen LogP contribution is -2.29. The second-order valence-electron chi connectivity index (χ2n) is 4.73. The topological polar surface area (TPSA) is 38.0 Å². The number of nitrogens with one attached hydrogen (secondary N) is 1. The Morgan fingerprint density at radius 1 is 1.20 bits per heavy atom. The summed E-state index contributed by atoms with van der Waals surface area (Å²) in [6.07, 6.45) is 2.16. The number of hydrogen-bond donors (Lipinski definition) is 2. The second kappa shape index (κ2) is 6.97. The van der Waals surface area contributed by atoms with Crippen LogP contribution in [0.5, 0.6) is 0 Å². The first-order valence-electron chi connectivity index (χ1n) is 6.66. The highest BCUT2D eigenvalue weighted by Gasteiger charge is 2.17. The van der Waals surface area contributed by atoms with Crippen molar-refractivity contribution in [2.75, 3.05) is 0 Å². The summed E-state index contributed by atoms with van der Waals surface area (Å²) in [5.41, 5.74) is 5.45. The molecule has 2 rings (SSSR count). The first-order chi connectivity index (χ1) is 9.67. The van der Waals surface area contributed by atoms with Crippen molar-refractivity contribution in [3.63, 3.8) is 0 Å². The minimum Gasteiger partial charge on any atom is -0.271 e. The van der Waals surface area contributed by atoms with E-state index in [4.69, 9.17) is 5.84 Å². The third-order valence-corrected chi connectivity index (χ3v) is 3.92. The van der Waals surface area contributed by atoms with Gasteiger partial charge < -0.3 is 0 Å². The molecule has 0 radical (unpaired) electrons. The molecule has 0 saturated carbocycles. The fourth-order valence-corrected chi connectivity index (χ4v) is 2.66. The highest BCUT2D eigenvalue weighted by Crippen LogP contribution is 2.28. The summed E-state index contributed by atoms with van der Waals surface area (Å²) in [5, 5.41) is 0. The van der Waals surface area contributed by atoms with Crippen molar-refractivity contribution >= 4 is 15.9 Å². The van der Waals surface area contributed by atoms with Crippen LogP contribution in [-0.2, 0) is 6.42 Å². The highest BCUT2D eigenvalue weighted by molar-refractivity contribution is 9.10. The van der Waals surface area contributed by atoms with E-state index in [0.29, 0.717) is 10.0 Å². The molecule has 0 spiro atoms. The Labute approximate surface area is 127 Å². The Morgan fingerprint density at radius 2 is 1.90 bits per heavy atom. The van der Waals surface area contributed by atoms with Crippen LogP contribution >= 0.6 is 15.9 Å². The van der Waals surface area contributed by atoms with Gasteiger partial charge >= 0.3 is 0 Å². The molecule has 0 aliphatic carbocycles. The van der Waals surface area contributed by atoms with Crippen molar-refractivity contribution in [1.82, 2.24) is 5.43 Å². The summed E-state index contributed by atoms with van der Waals surface area (Å²) in [4.78, 5) is 0. The van der Waals surface area contributed by atoms with Crippen molar-refractivity contribution in [3.05, 3.63) is 69.4 Å². The molecule has 0 bridgehead atoms. The van der Waals surface area contributed by atoms with Gasteiger partial charge in [0.05, 0.1) is 10.5 Å². The van der Waals surface area contributed by atoms with E-state index in [-0.39, 0.29) is 11.9 Å². The SMILES string of the molecule is CCCc1ccc(C(NN)c2cccc(Br)c2F)cc1. The molecular weight excluding hydrogens is 319 g/mol. The summed E-state index contributed by atoms with van der Waals surface area (Å²) in [5.74, 6) is 5.34. The van der Waals surface area contributed by atoms with Crippen LogP contribution in [0.15, 0.2) is 46.9 Å². The number of benzene rings is 2. The average Bonchev–Trinajstić information content (AvgIpc) is 2.46. The Hall–Kier alpha value is -1.23. The molecule has 106 valence electrons. The van der Waals surface area contributed by atoms with Gasteiger partial charge in [0.25, 0.3) is 0 Å². The van der Waals surface area contributed by atoms with Crippen LogP contribution in [0.4, 0.5) is 4.39 Å². The third kappa shape index (κ3) is 3.26. The zero-order valence-corrected chi connectivity index (χ0v) is 13.0. The number of hydrogen-bond acceptors (Lipinski definition) is 2. The Kier molecular flexibility index (Phi) is 5.29. The van der Waals surface area contributed by atoms with Crippen molar-refractivity contribution in [2.24, 2.45) is 5.84 Å². The van der Waals surface area contributed by atoms with Gasteiger partial charge in [-0.15, -0.1) is 0 Å². The summed E-state index contributed by atoms with van der Waals surface area (Å²) in [6, 6.07) is 13.0. The molecule has 0 saturated heterocycles. The van der Waals surface area contributed by atoms with Gasteiger partial charge in [-0.3, -0.25) is 5.84 Å². The van der Waals surface area contributed by atoms with Gasteiger partial charge in [-0.05, 0) is 39.5 Å². The average molecular weight is 337 g/mol. The summed E-state index contributed by atoms with van der Waals surface area (Å²) in [7, 11) is 0. The maximum Gasteiger partial charge on any atom is 0.142 e. The second-order valence-corrected chi connectivity index (χ2v) is 5.59. The Morgan fingerprint density at radius 3 is 2.50 bits per heavy atom. The lowest BCUT2D eigenvalue weighted by molar-refractivity contribution is 0.556. The molecule has 4 heteroatoms. The zero-order valence-electron chi connectivity index (χ0n) is 11.4. The molecule has 0 aromatic heterocycles. The molecule has 3 N–H and O–H groups in total. The van der Waals surface area contributed by atoms with Crippen molar-refractivity contribution < 1.29 is 4.39 Å². The molecule has 1 unspecified atom stereocenters. The van der Waals surface area contributed by atoms with E-state index in [0.717, 1.165) is 18.4 Å². The van der Waals surface area contributed by atoms with Crippen molar-refractivity contribution in [1.29, 1.82) is 0 Å². The predicted octanol–water partition coefficient (Wildman–Crippen LogP) is 4.09. The molecule has 2 aromatic carbocycles. The van der Waals surface area contributed by atoms with Crippen LogP contribution in [0.1, 0.15) is 36.1 Å². The molecule has 2 aromatic rings. The summed E-state index contributed by atoms with van der Waals surface area (Å²) in [6.45, 7) is 2.15. The molecule has 0 aliphatic rings. The van der Waals surface area contributed by atoms with Crippen LogP contribution in [-0.4, -0.2) is 0 Å². The molecule has 2 nitrogen and oxygen atoms in total. The van der Waals surface area contributed by atoms with E-state index in [1.165, 1.54) is 5.56 Å². The van der Waals surface area contributed by atoms with Gasteiger partial charge in [-0.1, -0.05) is 49.7 Å². The first kappa shape index (κ1) is 15.2. The van der Waals surface area contributed by atoms with Crippen LogP contribution in [0.3, 0.4) is 0 Å². The zero-order chi connectivity index (χ0) is 14.5. The van der Waals surface area contributed by atoms with Gasteiger partial charge in [0.2, 0.25) is 0 Å². The van der Waals surface area contributed by atoms with E-state index >= 15 is 0 Å². The lowest BCUT2D eigenvalue weighted by atomic mass is 9.97. The molecule has 0 aliphatic heterocycles. The number of halogens is 2. The predicted molar refractivity (Wildman–Crippen MR) is 83.7 cm³/mol. The maximum absolute atomic E-state index is 14.2. The monoisotopic (exact) mass is 336 g/mol. The van der Waals surface area contributed by atoms with E-state index in [1.807, 2.05) is 12.1 Å². The minimum absolute atomic E-state index is 0.284. The van der Waals surface area contributed by atoms with Gasteiger partial charge in [0, 0.05) is 5.56 Å². The minimum atomic E-state index is -0.358. The van der Waals surface area contributed by atoms with E-state index in [1.54, 1.807) is 18.2 Å². The van der Waals surface area contributed by atoms with Crippen molar-refractivity contribution in [3.8, 4) is 0 Å².